The summed E-state index contributed by atoms with van der Waals surface area (Å²) in [7, 11) is 1.95. The molecule has 0 fully saturated rings. The van der Waals surface area contributed by atoms with Gasteiger partial charge in [0.1, 0.15) is 0 Å². The zero-order valence-electron chi connectivity index (χ0n) is 10.0. The first-order chi connectivity index (χ1) is 8.20. The van der Waals surface area contributed by atoms with Gasteiger partial charge >= 0.3 is 0 Å². The third-order valence-corrected chi connectivity index (χ3v) is 3.32. The molecule has 3 nitrogen and oxygen atoms in total. The highest BCUT2D eigenvalue weighted by atomic mass is 127. The fourth-order valence-corrected chi connectivity index (χ4v) is 2.47. The van der Waals surface area contributed by atoms with Crippen molar-refractivity contribution in [3.63, 3.8) is 0 Å². The first-order valence-electron chi connectivity index (χ1n) is 5.68. The molecule has 0 amide bonds. The first-order valence-corrected chi connectivity index (χ1v) is 6.76. The molecule has 1 aromatic heterocycles. The Hall–Kier alpha value is -0.880. The van der Waals surface area contributed by atoms with Crippen molar-refractivity contribution in [1.29, 1.82) is 0 Å². The van der Waals surface area contributed by atoms with E-state index in [1.807, 2.05) is 17.9 Å². The quantitative estimate of drug-likeness (QED) is 0.867. The predicted molar refractivity (Wildman–Crippen MR) is 77.9 cm³/mol. The van der Waals surface area contributed by atoms with Crippen LogP contribution in [0.4, 0.5) is 0 Å². The van der Waals surface area contributed by atoms with Gasteiger partial charge in [0.15, 0.2) is 0 Å². The van der Waals surface area contributed by atoms with Gasteiger partial charge in [-0.25, -0.2) is 0 Å². The molecule has 1 unspecified atom stereocenters. The highest BCUT2D eigenvalue weighted by molar-refractivity contribution is 14.1. The number of aromatic nitrogens is 2. The van der Waals surface area contributed by atoms with Crippen LogP contribution in [0.15, 0.2) is 36.7 Å². The number of halogens is 1. The van der Waals surface area contributed by atoms with E-state index in [9.17, 15) is 0 Å². The third kappa shape index (κ3) is 3.07. The molecule has 0 saturated heterocycles. The van der Waals surface area contributed by atoms with Gasteiger partial charge in [0.2, 0.25) is 0 Å². The van der Waals surface area contributed by atoms with Gasteiger partial charge in [-0.3, -0.25) is 4.68 Å². The van der Waals surface area contributed by atoms with E-state index >= 15 is 0 Å². The number of aryl methyl sites for hydroxylation is 1. The minimum atomic E-state index is 0.225. The lowest BCUT2D eigenvalue weighted by molar-refractivity contribution is 0.629. The largest absolute Gasteiger partial charge is 0.306 e. The van der Waals surface area contributed by atoms with Crippen LogP contribution in [0.5, 0.6) is 0 Å². The van der Waals surface area contributed by atoms with Gasteiger partial charge in [-0.05, 0) is 46.8 Å². The predicted octanol–water partition coefficient (Wildman–Crippen LogP) is 2.72. The van der Waals surface area contributed by atoms with Gasteiger partial charge in [-0.2, -0.15) is 5.10 Å². The second-order valence-corrected chi connectivity index (χ2v) is 5.24. The molecule has 2 aromatic rings. The molecule has 2 rings (SSSR count). The molecule has 0 spiro atoms. The van der Waals surface area contributed by atoms with Crippen molar-refractivity contribution in [3.8, 4) is 0 Å². The Bertz CT molecular complexity index is 493. The summed E-state index contributed by atoms with van der Waals surface area (Å²) in [6.45, 7) is 3.06. The van der Waals surface area contributed by atoms with E-state index in [1.54, 1.807) is 0 Å². The van der Waals surface area contributed by atoms with Gasteiger partial charge < -0.3 is 5.32 Å². The van der Waals surface area contributed by atoms with Crippen LogP contribution in [0.25, 0.3) is 0 Å². The number of nitrogens with zero attached hydrogens (tertiary/aromatic N) is 2. The van der Waals surface area contributed by atoms with Crippen molar-refractivity contribution in [1.82, 2.24) is 15.1 Å². The summed E-state index contributed by atoms with van der Waals surface area (Å²) in [5, 5.41) is 7.74. The Morgan fingerprint density at radius 3 is 2.82 bits per heavy atom. The zero-order valence-corrected chi connectivity index (χ0v) is 12.2. The van der Waals surface area contributed by atoms with Crippen LogP contribution in [-0.4, -0.2) is 16.3 Å². The van der Waals surface area contributed by atoms with Crippen LogP contribution in [-0.2, 0) is 7.05 Å². The van der Waals surface area contributed by atoms with Crippen molar-refractivity contribution < 1.29 is 0 Å². The van der Waals surface area contributed by atoms with Crippen LogP contribution >= 0.6 is 22.6 Å². The van der Waals surface area contributed by atoms with Crippen LogP contribution in [0.1, 0.15) is 24.1 Å². The smallest absolute Gasteiger partial charge is 0.0608 e. The molecule has 0 aliphatic carbocycles. The number of nitrogens with one attached hydrogen (secondary N) is 1. The molecule has 1 aromatic carbocycles. The Morgan fingerprint density at radius 1 is 1.41 bits per heavy atom. The van der Waals surface area contributed by atoms with Crippen molar-refractivity contribution in [2.45, 2.75) is 13.0 Å². The van der Waals surface area contributed by atoms with Crippen molar-refractivity contribution in [2.75, 3.05) is 6.54 Å². The van der Waals surface area contributed by atoms with E-state index in [2.05, 4.69) is 70.4 Å². The summed E-state index contributed by atoms with van der Waals surface area (Å²) in [6.07, 6.45) is 3.99. The summed E-state index contributed by atoms with van der Waals surface area (Å²) in [6, 6.07) is 8.79. The van der Waals surface area contributed by atoms with Crippen LogP contribution < -0.4 is 5.32 Å². The van der Waals surface area contributed by atoms with Crippen molar-refractivity contribution in [2.24, 2.45) is 7.05 Å². The Morgan fingerprint density at radius 2 is 2.24 bits per heavy atom. The molecule has 1 N–H and O–H groups in total. The third-order valence-electron chi connectivity index (χ3n) is 2.65. The lowest BCUT2D eigenvalue weighted by Crippen LogP contribution is -2.21. The van der Waals surface area contributed by atoms with E-state index in [1.165, 1.54) is 14.7 Å². The molecular formula is C13H16IN3. The minimum absolute atomic E-state index is 0.225. The molecule has 0 aliphatic rings. The SMILES string of the molecule is CCNC(c1cccc(I)c1)c1cnn(C)c1. The molecule has 17 heavy (non-hydrogen) atoms. The molecule has 4 heteroatoms. The molecule has 0 saturated carbocycles. The van der Waals surface area contributed by atoms with Crippen LogP contribution in [0, 0.1) is 3.57 Å². The fourth-order valence-electron chi connectivity index (χ4n) is 1.91. The summed E-state index contributed by atoms with van der Waals surface area (Å²) < 4.78 is 3.10. The Balaban J connectivity index is 2.35. The standard InChI is InChI=1S/C13H16IN3/c1-3-15-13(11-8-16-17(2)9-11)10-5-4-6-12(14)7-10/h4-9,13,15H,3H2,1-2H3. The molecule has 90 valence electrons. The van der Waals surface area contributed by atoms with Gasteiger partial charge in [-0.1, -0.05) is 19.1 Å². The van der Waals surface area contributed by atoms with E-state index < -0.39 is 0 Å². The second kappa shape index (κ2) is 5.64. The molecule has 0 aliphatic heterocycles. The number of hydrogen-bond acceptors (Lipinski definition) is 2. The maximum atomic E-state index is 4.24. The molecular weight excluding hydrogens is 325 g/mol. The lowest BCUT2D eigenvalue weighted by atomic mass is 10.0. The second-order valence-electron chi connectivity index (χ2n) is 3.99. The minimum Gasteiger partial charge on any atom is -0.306 e. The van der Waals surface area contributed by atoms with Crippen LogP contribution in [0.2, 0.25) is 0 Å². The number of benzene rings is 1. The summed E-state index contributed by atoms with van der Waals surface area (Å²) in [5.74, 6) is 0. The highest BCUT2D eigenvalue weighted by Crippen LogP contribution is 2.22. The average Bonchev–Trinajstić information content (AvgIpc) is 2.72. The van der Waals surface area contributed by atoms with E-state index in [0.29, 0.717) is 0 Å². The zero-order chi connectivity index (χ0) is 12.3. The number of rotatable bonds is 4. The Kier molecular flexibility index (Phi) is 4.17. The van der Waals surface area contributed by atoms with Gasteiger partial charge in [0, 0.05) is 22.4 Å². The monoisotopic (exact) mass is 341 g/mol. The van der Waals surface area contributed by atoms with E-state index in [-0.39, 0.29) is 6.04 Å². The normalized spacial score (nSPS) is 12.6. The van der Waals surface area contributed by atoms with Gasteiger partial charge in [0.25, 0.3) is 0 Å². The van der Waals surface area contributed by atoms with Gasteiger partial charge in [-0.15, -0.1) is 0 Å². The summed E-state index contributed by atoms with van der Waals surface area (Å²) in [4.78, 5) is 0. The first kappa shape index (κ1) is 12.6. The topological polar surface area (TPSA) is 29.9 Å². The van der Waals surface area contributed by atoms with E-state index in [0.717, 1.165) is 6.54 Å². The molecule has 0 radical (unpaired) electrons. The maximum Gasteiger partial charge on any atom is 0.0608 e. The number of hydrogen-bond donors (Lipinski definition) is 1. The van der Waals surface area contributed by atoms with Crippen molar-refractivity contribution >= 4 is 22.6 Å². The Labute approximate surface area is 115 Å². The maximum absolute atomic E-state index is 4.24. The summed E-state index contributed by atoms with van der Waals surface area (Å²) >= 11 is 2.34. The molecule has 0 bridgehead atoms. The van der Waals surface area contributed by atoms with Crippen molar-refractivity contribution in [3.05, 3.63) is 51.4 Å². The van der Waals surface area contributed by atoms with E-state index in [4.69, 9.17) is 0 Å². The molecule has 1 heterocycles. The van der Waals surface area contributed by atoms with Crippen LogP contribution in [0.3, 0.4) is 0 Å². The fraction of sp³-hybridized carbons (Fsp3) is 0.308. The highest BCUT2D eigenvalue weighted by Gasteiger charge is 2.14. The lowest BCUT2D eigenvalue weighted by Gasteiger charge is -2.17. The molecule has 1 atom stereocenters. The average molecular weight is 341 g/mol. The van der Waals surface area contributed by atoms with Gasteiger partial charge in [0.05, 0.1) is 12.2 Å². The summed E-state index contributed by atoms with van der Waals surface area (Å²) in [5.41, 5.74) is 2.49.